The smallest absolute Gasteiger partial charge is 0.165 e. The molecule has 1 aliphatic carbocycles. The molecule has 0 heterocycles. The molecule has 20 heavy (non-hydrogen) atoms. The summed E-state index contributed by atoms with van der Waals surface area (Å²) in [5.41, 5.74) is 2.29. The van der Waals surface area contributed by atoms with Crippen LogP contribution in [0.4, 0.5) is 0 Å². The second kappa shape index (κ2) is 5.59. The highest BCUT2D eigenvalue weighted by Crippen LogP contribution is 2.35. The average Bonchev–Trinajstić information content (AvgIpc) is 2.40. The van der Waals surface area contributed by atoms with Crippen molar-refractivity contribution in [2.75, 3.05) is 0 Å². The molecule has 1 N–H and O–H groups in total. The Morgan fingerprint density at radius 1 is 1.15 bits per heavy atom. The zero-order chi connectivity index (χ0) is 14.9. The first-order valence-electron chi connectivity index (χ1n) is 7.69. The Kier molecular flexibility index (Phi) is 4.22. The molecule has 1 aromatic carbocycles. The van der Waals surface area contributed by atoms with E-state index in [4.69, 9.17) is 0 Å². The van der Waals surface area contributed by atoms with E-state index in [1.165, 1.54) is 19.3 Å². The van der Waals surface area contributed by atoms with Gasteiger partial charge >= 0.3 is 0 Å². The van der Waals surface area contributed by atoms with Crippen LogP contribution in [0, 0.1) is 12.8 Å². The number of carbonyl (C=O) groups excluding carboxylic acids is 1. The number of phenolic OH excluding ortho intramolecular Hbond substituents is 1. The first-order chi connectivity index (χ1) is 9.30. The van der Waals surface area contributed by atoms with Gasteiger partial charge in [-0.1, -0.05) is 40.0 Å². The lowest BCUT2D eigenvalue weighted by Gasteiger charge is -2.24. The van der Waals surface area contributed by atoms with Gasteiger partial charge in [0.05, 0.1) is 0 Å². The molecule has 0 spiro atoms. The molecule has 0 aromatic heterocycles. The first-order valence-corrected chi connectivity index (χ1v) is 7.69. The van der Waals surface area contributed by atoms with Crippen LogP contribution in [0.25, 0.3) is 0 Å². The maximum Gasteiger partial charge on any atom is 0.165 e. The van der Waals surface area contributed by atoms with Crippen molar-refractivity contribution in [1.82, 2.24) is 0 Å². The van der Waals surface area contributed by atoms with Crippen LogP contribution >= 0.6 is 0 Å². The minimum Gasteiger partial charge on any atom is -0.507 e. The summed E-state index contributed by atoms with van der Waals surface area (Å²) >= 11 is 0. The Bertz CT molecular complexity index is 503. The molecule has 0 bridgehead atoms. The summed E-state index contributed by atoms with van der Waals surface area (Å²) in [6.45, 7) is 8.07. The van der Waals surface area contributed by atoms with E-state index < -0.39 is 0 Å². The van der Waals surface area contributed by atoms with Gasteiger partial charge in [0.1, 0.15) is 5.75 Å². The monoisotopic (exact) mass is 274 g/mol. The highest BCUT2D eigenvalue weighted by atomic mass is 16.3. The van der Waals surface area contributed by atoms with E-state index in [9.17, 15) is 9.90 Å². The van der Waals surface area contributed by atoms with Gasteiger partial charge in [-0.25, -0.2) is 0 Å². The lowest BCUT2D eigenvalue weighted by Crippen LogP contribution is -2.19. The predicted molar refractivity (Wildman–Crippen MR) is 82.4 cm³/mol. The minimum absolute atomic E-state index is 0.155. The van der Waals surface area contributed by atoms with Crippen LogP contribution in [0.1, 0.15) is 74.4 Å². The highest BCUT2D eigenvalue weighted by molar-refractivity contribution is 5.98. The van der Waals surface area contributed by atoms with E-state index in [-0.39, 0.29) is 17.1 Å². The molecule has 2 rings (SSSR count). The van der Waals surface area contributed by atoms with Crippen LogP contribution < -0.4 is 0 Å². The van der Waals surface area contributed by atoms with Crippen LogP contribution in [0.3, 0.4) is 0 Å². The minimum atomic E-state index is -0.155. The van der Waals surface area contributed by atoms with E-state index in [1.807, 2.05) is 19.1 Å². The van der Waals surface area contributed by atoms with Crippen molar-refractivity contribution >= 4 is 5.78 Å². The second-order valence-corrected chi connectivity index (χ2v) is 7.14. The van der Waals surface area contributed by atoms with Crippen LogP contribution in [0.5, 0.6) is 5.75 Å². The normalized spacial score (nSPS) is 17.2. The van der Waals surface area contributed by atoms with Crippen molar-refractivity contribution in [3.63, 3.8) is 0 Å². The van der Waals surface area contributed by atoms with Gasteiger partial charge in [-0.3, -0.25) is 4.79 Å². The fourth-order valence-corrected chi connectivity index (χ4v) is 3.09. The standard InChI is InChI=1S/C18H26O2/c1-12-10-14(11-15(16(12)19)18(2,3)4)17(20)13-8-6-5-7-9-13/h10-11,13,19H,5-9H2,1-4H3. The molecule has 0 atom stereocenters. The SMILES string of the molecule is Cc1cc(C(=O)C2CCCCC2)cc(C(C)(C)C)c1O. The molecule has 2 heteroatoms. The number of ketones is 1. The number of hydrogen-bond acceptors (Lipinski definition) is 2. The van der Waals surface area contributed by atoms with E-state index in [0.717, 1.165) is 29.5 Å². The van der Waals surface area contributed by atoms with Gasteiger partial charge in [-0.2, -0.15) is 0 Å². The summed E-state index contributed by atoms with van der Waals surface area (Å²) in [6, 6.07) is 3.75. The predicted octanol–water partition coefficient (Wildman–Crippen LogP) is 4.76. The van der Waals surface area contributed by atoms with Gasteiger partial charge in [0.2, 0.25) is 0 Å². The molecular formula is C18H26O2. The summed E-state index contributed by atoms with van der Waals surface area (Å²) in [5, 5.41) is 10.2. The van der Waals surface area contributed by atoms with Gasteiger partial charge < -0.3 is 5.11 Å². The number of phenols is 1. The second-order valence-electron chi connectivity index (χ2n) is 7.14. The van der Waals surface area contributed by atoms with Crippen LogP contribution in [-0.2, 0) is 5.41 Å². The fraction of sp³-hybridized carbons (Fsp3) is 0.611. The molecule has 110 valence electrons. The van der Waals surface area contributed by atoms with E-state index in [1.54, 1.807) is 0 Å². The maximum atomic E-state index is 12.7. The summed E-state index contributed by atoms with van der Waals surface area (Å²) in [6.07, 6.45) is 5.62. The van der Waals surface area contributed by atoms with E-state index in [2.05, 4.69) is 20.8 Å². The Labute approximate surface area is 122 Å². The zero-order valence-electron chi connectivity index (χ0n) is 13.1. The zero-order valence-corrected chi connectivity index (χ0v) is 13.1. The Balaban J connectivity index is 2.37. The fourth-order valence-electron chi connectivity index (χ4n) is 3.09. The van der Waals surface area contributed by atoms with Gasteiger partial charge in [0, 0.05) is 17.0 Å². The maximum absolute atomic E-state index is 12.7. The van der Waals surface area contributed by atoms with Gasteiger partial charge in [0.25, 0.3) is 0 Å². The Morgan fingerprint density at radius 3 is 2.30 bits per heavy atom. The molecule has 0 saturated heterocycles. The summed E-state index contributed by atoms with van der Waals surface area (Å²) < 4.78 is 0. The number of hydrogen-bond donors (Lipinski definition) is 1. The number of aryl methyl sites for hydroxylation is 1. The third kappa shape index (κ3) is 3.05. The summed E-state index contributed by atoms with van der Waals surface area (Å²) in [4.78, 5) is 12.7. The Morgan fingerprint density at radius 2 is 1.75 bits per heavy atom. The Hall–Kier alpha value is -1.31. The molecule has 0 unspecified atom stereocenters. The third-order valence-corrected chi connectivity index (χ3v) is 4.37. The summed E-state index contributed by atoms with van der Waals surface area (Å²) in [5.74, 6) is 0.775. The molecule has 0 aliphatic heterocycles. The van der Waals surface area contributed by atoms with Crippen molar-refractivity contribution in [3.05, 3.63) is 28.8 Å². The molecule has 1 saturated carbocycles. The van der Waals surface area contributed by atoms with Gasteiger partial charge in [-0.15, -0.1) is 0 Å². The topological polar surface area (TPSA) is 37.3 Å². The number of aromatic hydroxyl groups is 1. The molecule has 1 aliphatic rings. The van der Waals surface area contributed by atoms with Crippen LogP contribution in [-0.4, -0.2) is 10.9 Å². The molecular weight excluding hydrogens is 248 g/mol. The molecule has 0 radical (unpaired) electrons. The number of rotatable bonds is 2. The quantitative estimate of drug-likeness (QED) is 0.789. The van der Waals surface area contributed by atoms with Crippen molar-refractivity contribution in [1.29, 1.82) is 0 Å². The van der Waals surface area contributed by atoms with E-state index >= 15 is 0 Å². The van der Waals surface area contributed by atoms with Crippen LogP contribution in [0.15, 0.2) is 12.1 Å². The lowest BCUT2D eigenvalue weighted by molar-refractivity contribution is 0.0889. The van der Waals surface area contributed by atoms with Crippen molar-refractivity contribution in [3.8, 4) is 5.75 Å². The van der Waals surface area contributed by atoms with Gasteiger partial charge in [0.15, 0.2) is 5.78 Å². The molecule has 1 aromatic rings. The highest BCUT2D eigenvalue weighted by Gasteiger charge is 2.26. The molecule has 0 amide bonds. The molecule has 1 fully saturated rings. The largest absolute Gasteiger partial charge is 0.507 e. The lowest BCUT2D eigenvalue weighted by atomic mass is 9.80. The first kappa shape index (κ1) is 15.1. The third-order valence-electron chi connectivity index (χ3n) is 4.37. The number of Topliss-reactive ketones (excluding diaryl/α,β-unsaturated/α-hetero) is 1. The summed E-state index contributed by atoms with van der Waals surface area (Å²) in [7, 11) is 0. The van der Waals surface area contributed by atoms with Crippen LogP contribution in [0.2, 0.25) is 0 Å². The van der Waals surface area contributed by atoms with Gasteiger partial charge in [-0.05, 0) is 42.9 Å². The number of benzene rings is 1. The van der Waals surface area contributed by atoms with Crippen molar-refractivity contribution in [2.45, 2.75) is 65.2 Å². The molecule has 2 nitrogen and oxygen atoms in total. The van der Waals surface area contributed by atoms with Crippen molar-refractivity contribution in [2.24, 2.45) is 5.92 Å². The average molecular weight is 274 g/mol. The van der Waals surface area contributed by atoms with Crippen molar-refractivity contribution < 1.29 is 9.90 Å². The number of carbonyl (C=O) groups is 1. The van der Waals surface area contributed by atoms with E-state index in [0.29, 0.717) is 5.75 Å².